The summed E-state index contributed by atoms with van der Waals surface area (Å²) < 4.78 is 0. The van der Waals surface area contributed by atoms with E-state index in [-0.39, 0.29) is 56.3 Å². The first-order chi connectivity index (χ1) is 11.5. The third kappa shape index (κ3) is 46.7. The van der Waals surface area contributed by atoms with Crippen LogP contribution in [0.2, 0.25) is 0 Å². The maximum absolute atomic E-state index is 10.4. The zero-order chi connectivity index (χ0) is 20.4. The van der Waals surface area contributed by atoms with E-state index in [1.165, 1.54) is 25.6 Å². The number of amides is 2. The van der Waals surface area contributed by atoms with E-state index in [1.807, 2.05) is 0 Å². The van der Waals surface area contributed by atoms with Crippen molar-refractivity contribution < 1.29 is 76.3 Å². The maximum atomic E-state index is 10.4. The van der Waals surface area contributed by atoms with Gasteiger partial charge in [-0.25, -0.2) is 9.59 Å². The van der Waals surface area contributed by atoms with E-state index in [0.29, 0.717) is 17.4 Å². The van der Waals surface area contributed by atoms with Gasteiger partial charge in [-0.2, -0.15) is 12.6 Å². The van der Waals surface area contributed by atoms with Crippen molar-refractivity contribution in [3.05, 3.63) is 0 Å². The molecule has 29 heavy (non-hydrogen) atoms. The van der Waals surface area contributed by atoms with E-state index in [1.54, 1.807) is 0 Å². The molecule has 13 N–H and O–H groups in total. The molecule has 0 heterocycles. The minimum Gasteiger partial charge on any atom is -1.00 e. The van der Waals surface area contributed by atoms with Gasteiger partial charge in [0.05, 0.1) is 17.4 Å². The molecule has 0 bridgehead atoms. The number of thioether (sulfide) groups is 1. The van der Waals surface area contributed by atoms with Crippen LogP contribution < -0.4 is 46.9 Å². The van der Waals surface area contributed by atoms with Crippen molar-refractivity contribution >= 4 is 48.1 Å². The molecular formula is C13H34Cl2N4O8S2. The molecule has 0 aromatic heterocycles. The molecule has 0 radical (unpaired) electrons. The van der Waals surface area contributed by atoms with E-state index in [4.69, 9.17) is 15.3 Å². The summed E-state index contributed by atoms with van der Waals surface area (Å²) >= 11 is 5.05. The highest BCUT2D eigenvalue weighted by Crippen LogP contribution is 1.97. The molecule has 0 aliphatic heterocycles. The number of rotatable bonds is 8. The molecule has 0 fully saturated rings. The summed E-state index contributed by atoms with van der Waals surface area (Å²) in [6, 6.07) is -1.17. The van der Waals surface area contributed by atoms with Gasteiger partial charge in [-0.1, -0.05) is 7.43 Å². The number of nitrogens with one attached hydrogen (secondary N) is 2. The number of thiol groups is 1. The van der Waals surface area contributed by atoms with E-state index < -0.39 is 24.0 Å². The number of hydrogen-bond acceptors (Lipinski definition) is 7. The number of quaternary nitrogens is 2. The number of hydrogen-bond donors (Lipinski definition) is 8. The van der Waals surface area contributed by atoms with E-state index >= 15 is 0 Å². The smallest absolute Gasteiger partial charge is 0.363 e. The highest BCUT2D eigenvalue weighted by atomic mass is 35.5. The Hall–Kier alpha value is -1.00. The predicted octanol–water partition coefficient (Wildman–Crippen LogP) is -9.99. The number of halogens is 2. The minimum absolute atomic E-state index is 0. The summed E-state index contributed by atoms with van der Waals surface area (Å²) in [6.07, 6.45) is 0. The largest absolute Gasteiger partial charge is 1.00 e. The summed E-state index contributed by atoms with van der Waals surface area (Å²) in [5.74, 6) is -0.976. The van der Waals surface area contributed by atoms with Crippen LogP contribution in [0.1, 0.15) is 21.3 Å². The molecule has 0 rings (SSSR count). The Balaban J connectivity index is -0.0000000500. The second-order valence-corrected chi connectivity index (χ2v) is 5.79. The number of carboxylic acids is 2. The number of aliphatic hydroxyl groups is 1. The van der Waals surface area contributed by atoms with Crippen LogP contribution in [-0.2, 0) is 19.2 Å². The Bertz CT molecular complexity index is 426. The van der Waals surface area contributed by atoms with Crippen LogP contribution in [0, 0.1) is 0 Å². The van der Waals surface area contributed by atoms with Crippen LogP contribution in [0.5, 0.6) is 0 Å². The van der Waals surface area contributed by atoms with Crippen molar-refractivity contribution in [2.24, 2.45) is 0 Å². The molecule has 16 heteroatoms. The molecule has 2 amide bonds. The topological polar surface area (TPSA) is 240 Å². The summed E-state index contributed by atoms with van der Waals surface area (Å²) in [5, 5.41) is 29.1. The standard InChI is InChI=1S/C6H12N2O3S.C3H7NO2S.C3H7NO2.CH4.2ClH.H2O/c1-4(9)8-3-12-2-5(7)6(10)11;4-2(1-7)3(5)6;1-3(6)4-2-5;;;;/h5H,2-3,7H2,1H3,(H,8,9)(H,10,11);2,7H,1,4H2,(H,5,6);5H,2H2,1H3,(H,4,6);1H4;2*1H;1H2. The average Bonchev–Trinajstić information content (AvgIpc) is 2.51. The van der Waals surface area contributed by atoms with Gasteiger partial charge in [0, 0.05) is 13.8 Å². The molecule has 0 aromatic carbocycles. The molecule has 0 saturated carbocycles. The lowest BCUT2D eigenvalue weighted by Crippen LogP contribution is -3.00. The summed E-state index contributed by atoms with van der Waals surface area (Å²) in [4.78, 5) is 40.2. The van der Waals surface area contributed by atoms with Gasteiger partial charge in [0.2, 0.25) is 11.8 Å². The van der Waals surface area contributed by atoms with Crippen LogP contribution >= 0.6 is 24.4 Å². The number of aliphatic carboxylic acids is 2. The fourth-order valence-corrected chi connectivity index (χ4v) is 1.62. The zero-order valence-corrected chi connectivity index (χ0v) is 18.7. The van der Waals surface area contributed by atoms with Gasteiger partial charge >= 0.3 is 11.9 Å². The molecule has 12 nitrogen and oxygen atoms in total. The third-order valence-corrected chi connectivity index (χ3v) is 3.42. The number of carbonyl (C=O) groups is 4. The number of carboxylic acid groups (broad SMARTS) is 2. The molecule has 0 aliphatic rings. The van der Waals surface area contributed by atoms with Gasteiger partial charge in [-0.15, -0.1) is 11.8 Å². The van der Waals surface area contributed by atoms with Crippen molar-refractivity contribution in [2.75, 3.05) is 24.1 Å². The predicted molar refractivity (Wildman–Crippen MR) is 105 cm³/mol. The molecule has 2 atom stereocenters. The lowest BCUT2D eigenvalue weighted by Gasteiger charge is -2.03. The molecule has 0 spiro atoms. The molecule has 2 unspecified atom stereocenters. The van der Waals surface area contributed by atoms with Crippen molar-refractivity contribution in [2.45, 2.75) is 33.4 Å². The summed E-state index contributed by atoms with van der Waals surface area (Å²) in [7, 11) is 0. The first kappa shape index (κ1) is 46.3. The van der Waals surface area contributed by atoms with Crippen molar-refractivity contribution in [1.29, 1.82) is 0 Å². The Morgan fingerprint density at radius 2 is 1.34 bits per heavy atom. The number of carbonyl (C=O) groups excluding carboxylic acids is 2. The highest BCUT2D eigenvalue weighted by Gasteiger charge is 2.14. The quantitative estimate of drug-likeness (QED) is 0.0885. The fraction of sp³-hybridized carbons (Fsp3) is 0.692. The molecule has 0 aliphatic carbocycles. The lowest BCUT2D eigenvalue weighted by molar-refractivity contribution is -0.400. The van der Waals surface area contributed by atoms with Crippen LogP contribution in [0.15, 0.2) is 0 Å². The number of aliphatic hydroxyl groups excluding tert-OH is 1. The summed E-state index contributed by atoms with van der Waals surface area (Å²) in [5.41, 5.74) is 6.70. The molecular weight excluding hydrogens is 475 g/mol. The molecule has 180 valence electrons. The Kier molecular flexibility index (Phi) is 50.6. The second-order valence-electron chi connectivity index (χ2n) is 4.39. The fourth-order valence-electron chi connectivity index (χ4n) is 0.615. The van der Waals surface area contributed by atoms with Crippen LogP contribution in [-0.4, -0.2) is 80.7 Å². The zero-order valence-electron chi connectivity index (χ0n) is 15.5. The minimum atomic E-state index is -0.912. The Morgan fingerprint density at radius 1 is 0.966 bits per heavy atom. The van der Waals surface area contributed by atoms with Crippen LogP contribution in [0.3, 0.4) is 0 Å². The van der Waals surface area contributed by atoms with Gasteiger partial charge in [0.1, 0.15) is 6.73 Å². The lowest BCUT2D eigenvalue weighted by atomic mass is 10.4. The Morgan fingerprint density at radius 3 is 1.52 bits per heavy atom. The van der Waals surface area contributed by atoms with E-state index in [9.17, 15) is 19.2 Å². The van der Waals surface area contributed by atoms with Crippen LogP contribution in [0.4, 0.5) is 0 Å². The van der Waals surface area contributed by atoms with Crippen LogP contribution in [0.25, 0.3) is 0 Å². The highest BCUT2D eigenvalue weighted by molar-refractivity contribution is 7.99. The normalized spacial score (nSPS) is 9.86. The second kappa shape index (κ2) is 31.7. The van der Waals surface area contributed by atoms with Crippen molar-refractivity contribution in [1.82, 2.24) is 10.6 Å². The van der Waals surface area contributed by atoms with Gasteiger partial charge < -0.3 is 67.7 Å². The third-order valence-electron chi connectivity index (χ3n) is 1.99. The van der Waals surface area contributed by atoms with E-state index in [0.717, 1.165) is 0 Å². The van der Waals surface area contributed by atoms with Crippen molar-refractivity contribution in [3.63, 3.8) is 0 Å². The Labute approximate surface area is 192 Å². The molecule has 0 saturated heterocycles. The van der Waals surface area contributed by atoms with Gasteiger partial charge in [-0.3, -0.25) is 9.59 Å². The van der Waals surface area contributed by atoms with Gasteiger partial charge in [0.25, 0.3) is 0 Å². The summed E-state index contributed by atoms with van der Waals surface area (Å²) in [6.45, 7) is 2.49. The van der Waals surface area contributed by atoms with E-state index in [2.05, 4.69) is 34.7 Å². The average molecular weight is 509 g/mol. The first-order valence-corrected chi connectivity index (χ1v) is 8.68. The van der Waals surface area contributed by atoms with Gasteiger partial charge in [-0.05, 0) is 0 Å². The molecule has 0 aromatic rings. The van der Waals surface area contributed by atoms with Gasteiger partial charge in [0.15, 0.2) is 12.1 Å². The SMILES string of the molecule is C.CC(=O)NCO.CC(=O)NCSCC([NH3+])C(=O)O.O.[Cl-].[Cl-].[NH3+]C(CS)C(=O)O. The first-order valence-electron chi connectivity index (χ1n) is 6.89. The monoisotopic (exact) mass is 508 g/mol. The van der Waals surface area contributed by atoms with Crippen molar-refractivity contribution in [3.8, 4) is 0 Å². The maximum Gasteiger partial charge on any atom is 0.363 e.